The smallest absolute Gasteiger partial charge is 0.246 e. The summed E-state index contributed by atoms with van der Waals surface area (Å²) in [5.74, 6) is -20.4. The van der Waals surface area contributed by atoms with E-state index in [0.29, 0.717) is 94.7 Å². The number of piperidine rings is 1. The maximum Gasteiger partial charge on any atom is 0.246 e. The number of nitrogens with one attached hydrogen (secondary N) is 9. The Labute approximate surface area is 785 Å². The summed E-state index contributed by atoms with van der Waals surface area (Å²) in [7, 11) is 4.00. The molecule has 13 atom stereocenters. The molecule has 4 aliphatic rings. The van der Waals surface area contributed by atoms with Gasteiger partial charge in [-0.2, -0.15) is 0 Å². The monoisotopic (exact) mass is 1880 g/mol. The van der Waals surface area contributed by atoms with Crippen LogP contribution in [0.5, 0.6) is 11.5 Å². The molecule has 722 valence electrons. The summed E-state index contributed by atoms with van der Waals surface area (Å²) in [6, 6.07) is 18.1. The van der Waals surface area contributed by atoms with Crippen LogP contribution in [0.25, 0.3) is 10.9 Å². The Morgan fingerprint density at radius 1 is 0.474 bits per heavy atom. The Bertz CT molecular complexity index is 5400. The molecule has 11 rings (SSSR count). The lowest BCUT2D eigenvalue weighted by atomic mass is 9.95. The number of nitrogens with two attached hydrogens (primary N) is 1. The minimum absolute atomic E-state index is 0.0380. The number of H-pyrrole nitrogens is 1. The first-order valence-corrected chi connectivity index (χ1v) is 46.9. The van der Waals surface area contributed by atoms with Crippen molar-refractivity contribution in [2.75, 3.05) is 58.8 Å². The third-order valence-electron chi connectivity index (χ3n) is 25.2. The van der Waals surface area contributed by atoms with Crippen molar-refractivity contribution in [1.29, 1.82) is 0 Å². The van der Waals surface area contributed by atoms with E-state index in [1.807, 2.05) is 6.92 Å². The van der Waals surface area contributed by atoms with E-state index >= 15 is 61.5 Å². The van der Waals surface area contributed by atoms with Gasteiger partial charge >= 0.3 is 0 Å². The molecule has 0 radical (unpaired) electrons. The molecule has 1 aromatic heterocycles. The second-order valence-corrected chi connectivity index (χ2v) is 36.9. The number of hydrogen-bond donors (Lipinski definition) is 12. The fourth-order valence-electron chi connectivity index (χ4n) is 17.6. The van der Waals surface area contributed by atoms with Crippen molar-refractivity contribution >= 4 is 111 Å². The number of benzene rings is 6. The zero-order valence-corrected chi connectivity index (χ0v) is 77.8. The average Bonchev–Trinajstić information content (AvgIpc) is 1.72. The number of fused-ring (bicyclic) bond motifs is 4. The second-order valence-electron chi connectivity index (χ2n) is 35.9. The number of phenols is 2. The molecule has 4 saturated heterocycles. The number of rotatable bonds is 21. The predicted molar refractivity (Wildman–Crippen MR) is 497 cm³/mol. The van der Waals surface area contributed by atoms with Crippen LogP contribution in [-0.2, 0) is 110 Å². The van der Waals surface area contributed by atoms with Crippen LogP contribution in [-0.4, -0.2) is 271 Å². The fraction of sp³-hybridized carbons (Fsp3) is 0.459. The third-order valence-corrected chi connectivity index (χ3v) is 26.2. The molecule has 0 spiro atoms. The summed E-state index contributed by atoms with van der Waals surface area (Å²) >= 11 is 0.705. The molecule has 4 fully saturated rings. The Morgan fingerprint density at radius 2 is 0.970 bits per heavy atom. The van der Waals surface area contributed by atoms with Crippen LogP contribution in [0.4, 0.5) is 13.2 Å². The fourth-order valence-corrected chi connectivity index (χ4v) is 18.5. The van der Waals surface area contributed by atoms with Gasteiger partial charge in [-0.25, -0.2) is 13.2 Å². The van der Waals surface area contributed by atoms with Crippen molar-refractivity contribution in [3.63, 3.8) is 0 Å². The van der Waals surface area contributed by atoms with E-state index in [1.165, 1.54) is 82.0 Å². The van der Waals surface area contributed by atoms with Gasteiger partial charge < -0.3 is 92.9 Å². The number of primary amides is 1. The zero-order chi connectivity index (χ0) is 97.6. The third kappa shape index (κ3) is 26.8. The highest BCUT2D eigenvalue weighted by Gasteiger charge is 2.49. The SMILES string of the molecule is CCCC[C@H]1C(=O)N2CCC[C@@H]2C(=O)N2CC[C@H]2C(=O)N[C@@H](C(C)C)C(=O)N(C)[C@@H](Cc2ccccc2)C(=O)N[C@@H](Cc2ccc(O)cc2)C(=O)N2CCCC[C@@H]2C(=O)N[C@@H](Cc2c[nH]c3ccccc23)C(=O)N[C@@H](Cc2ccc(O)cc2)C(=O)N[C@@H](CC(C)C)C(=O)N[C@H](C(=O)NCC(N)=O)CSCC(=O)N[C@@H](Cc2cc(F)c(F)c(F)c2)C(=O)N(C)[C@@H](Cc2ccccc2)C(=O)N1C. The molecule has 37 heteroatoms. The normalized spacial score (nSPS) is 23.9. The lowest BCUT2D eigenvalue weighted by molar-refractivity contribution is -0.157. The molecule has 33 nitrogen and oxygen atoms in total. The Hall–Kier alpha value is -13.4. The van der Waals surface area contributed by atoms with E-state index in [2.05, 4.69) is 47.5 Å². The van der Waals surface area contributed by atoms with Gasteiger partial charge in [-0.3, -0.25) is 71.9 Å². The summed E-state index contributed by atoms with van der Waals surface area (Å²) in [5, 5.41) is 43.5. The lowest BCUT2D eigenvalue weighted by Gasteiger charge is -2.43. The highest BCUT2D eigenvalue weighted by atomic mass is 32.2. The topological polar surface area (TPSA) is 454 Å². The van der Waals surface area contributed by atoms with Crippen LogP contribution in [0.15, 0.2) is 152 Å². The second kappa shape index (κ2) is 47.5. The molecular weight excluding hydrogens is 1760 g/mol. The maximum absolute atomic E-state index is 15.9. The van der Waals surface area contributed by atoms with Crippen molar-refractivity contribution in [3.8, 4) is 11.5 Å². The van der Waals surface area contributed by atoms with Crippen molar-refractivity contribution in [1.82, 2.24) is 76.9 Å². The quantitative estimate of drug-likeness (QED) is 0.0428. The molecule has 13 N–H and O–H groups in total. The van der Waals surface area contributed by atoms with Crippen molar-refractivity contribution in [2.24, 2.45) is 17.6 Å². The molecule has 0 aliphatic carbocycles. The Balaban J connectivity index is 0.981. The summed E-state index contributed by atoms with van der Waals surface area (Å²) in [4.78, 5) is 238. The first kappa shape index (κ1) is 102. The number of aromatic hydroxyl groups is 2. The number of para-hydroxylation sites is 1. The Morgan fingerprint density at radius 3 is 1.57 bits per heavy atom. The minimum atomic E-state index is -1.84. The Kier molecular flexibility index (Phi) is 36.0. The van der Waals surface area contributed by atoms with Gasteiger partial charge in [0.1, 0.15) is 90.0 Å². The largest absolute Gasteiger partial charge is 0.508 e. The molecule has 0 saturated carbocycles. The number of aromatic amines is 1. The molecule has 0 bridgehead atoms. The lowest BCUT2D eigenvalue weighted by Crippen LogP contribution is -2.65. The number of thioether (sulfide) groups is 1. The van der Waals surface area contributed by atoms with Crippen LogP contribution in [0.3, 0.4) is 0 Å². The van der Waals surface area contributed by atoms with E-state index in [-0.39, 0.29) is 101 Å². The standard InChI is InChI=1S/C98H121F3N16O17S/c1-9-10-28-78-96(132)116-41-21-30-79(116)97(133)117-42-39-77(117)91(127)111-85(57(4)5)98(134)113(7)80(49-58-22-13-11-14-23-58)92(128)109-74(47-61-33-37-65(119)38-34-61)94(130)115-40-20-19-29-76(115)90(126)108-72(51-63-52-103-69-27-18-17-26-66(63)69)89(125)107-71(46-60-31-35-64(118)36-32-60)88(124)106-70(43-56(2)3)87(123)110-75(86(122)104-53-82(102)120)54-135-55-83(121)105-73(48-62-44-67(99)84(101)68(100)45-62)93(129)114(8)81(95(131)112(78)6)50-59-24-15-12-16-25-59/h11-18,22-27,31-38,44-45,52,56-57,70-81,85,103,118-119H,9-10,19-21,28-30,39-43,46-51,53-55H2,1-8H3,(H2,102,120)(H,104,122)(H,105,121)(H,106,124)(H,107,125)(H,108,126)(H,109,128)(H,110,123)(H,111,127)/t70-,71-,72-,73-,74-,75-,76+,77-,78-,79+,80-,81-,85-/m0/s1. The van der Waals surface area contributed by atoms with Crippen LogP contribution < -0.4 is 48.3 Å². The van der Waals surface area contributed by atoms with Gasteiger partial charge in [-0.1, -0.05) is 151 Å². The summed E-state index contributed by atoms with van der Waals surface area (Å²) in [6.07, 6.45) is 1.99. The molecule has 7 aromatic rings. The number of aromatic nitrogens is 1. The van der Waals surface area contributed by atoms with E-state index in [0.717, 1.165) is 4.90 Å². The number of unbranched alkanes of at least 4 members (excludes halogenated alkanes) is 1. The first-order valence-electron chi connectivity index (χ1n) is 45.8. The molecule has 5 heterocycles. The zero-order valence-electron chi connectivity index (χ0n) is 77.0. The minimum Gasteiger partial charge on any atom is -0.508 e. The summed E-state index contributed by atoms with van der Waals surface area (Å²) < 4.78 is 45.2. The molecule has 0 unspecified atom stereocenters. The van der Waals surface area contributed by atoms with E-state index < -0.39 is 221 Å². The number of nitrogens with zero attached hydrogens (tertiary/aromatic N) is 6. The van der Waals surface area contributed by atoms with E-state index in [4.69, 9.17) is 5.73 Å². The van der Waals surface area contributed by atoms with Gasteiger partial charge in [0.2, 0.25) is 88.6 Å². The molecular formula is C98H121F3N16O17S. The van der Waals surface area contributed by atoms with Gasteiger partial charge in [0.25, 0.3) is 0 Å². The highest BCUT2D eigenvalue weighted by molar-refractivity contribution is 8.00. The van der Waals surface area contributed by atoms with Gasteiger partial charge in [0, 0.05) is 102 Å². The van der Waals surface area contributed by atoms with Gasteiger partial charge in [-0.05, 0) is 139 Å². The van der Waals surface area contributed by atoms with Crippen LogP contribution in [0, 0.1) is 29.3 Å². The highest BCUT2D eigenvalue weighted by Crippen LogP contribution is 2.32. The van der Waals surface area contributed by atoms with Crippen molar-refractivity contribution in [3.05, 3.63) is 203 Å². The number of phenolic OH excluding ortho intramolecular Hbond substituents is 2. The van der Waals surface area contributed by atoms with Gasteiger partial charge in [-0.15, -0.1) is 11.8 Å². The van der Waals surface area contributed by atoms with E-state index in [9.17, 15) is 33.8 Å². The molecule has 6 aromatic carbocycles. The summed E-state index contributed by atoms with van der Waals surface area (Å²) in [5.41, 5.74) is 8.26. The van der Waals surface area contributed by atoms with Crippen LogP contribution in [0.2, 0.25) is 0 Å². The van der Waals surface area contributed by atoms with Gasteiger partial charge in [0.05, 0.1) is 12.3 Å². The number of likely N-dealkylation sites (N-methyl/N-ethyl adjacent to an activating group) is 3. The molecule has 4 aliphatic heterocycles. The number of amides is 15. The first-order chi connectivity index (χ1) is 64.5. The van der Waals surface area contributed by atoms with Crippen molar-refractivity contribution < 1.29 is 95.3 Å². The molecule has 135 heavy (non-hydrogen) atoms. The number of carbonyl (C=O) groups is 15. The van der Waals surface area contributed by atoms with E-state index in [1.54, 1.807) is 131 Å². The van der Waals surface area contributed by atoms with Crippen LogP contribution in [0.1, 0.15) is 132 Å². The summed E-state index contributed by atoms with van der Waals surface area (Å²) in [6.45, 7) is 8.01. The van der Waals surface area contributed by atoms with Crippen molar-refractivity contribution in [2.45, 2.75) is 216 Å². The van der Waals surface area contributed by atoms with Crippen LogP contribution >= 0.6 is 11.8 Å². The molecule has 15 amide bonds. The average molecular weight is 1880 g/mol. The number of carbonyl (C=O) groups excluding carboxylic acids is 15. The number of halogens is 3. The predicted octanol–water partition coefficient (Wildman–Crippen LogP) is 4.84. The maximum atomic E-state index is 15.9. The number of hydrogen-bond acceptors (Lipinski definition) is 18. The van der Waals surface area contributed by atoms with Gasteiger partial charge in [0.15, 0.2) is 17.5 Å².